The van der Waals surface area contributed by atoms with Crippen LogP contribution in [0.25, 0.3) is 0 Å². The maximum absolute atomic E-state index is 13.3. The van der Waals surface area contributed by atoms with Gasteiger partial charge in [0.2, 0.25) is 0 Å². The zero-order valence-corrected chi connectivity index (χ0v) is 18.6. The Kier molecular flexibility index (Phi) is 6.84. The van der Waals surface area contributed by atoms with Crippen LogP contribution in [-0.4, -0.2) is 63.3 Å². The normalized spacial score (nSPS) is 22.0. The number of carbonyl (C=O) groups is 1. The highest BCUT2D eigenvalue weighted by Gasteiger charge is 2.32. The molecule has 2 aliphatic rings. The number of rotatable bonds is 4. The first-order valence-corrected chi connectivity index (χ1v) is 11.2. The highest BCUT2D eigenvalue weighted by Crippen LogP contribution is 2.32. The third kappa shape index (κ3) is 4.59. The van der Waals surface area contributed by atoms with Crippen LogP contribution in [0.15, 0.2) is 42.5 Å². The highest BCUT2D eigenvalue weighted by atomic mass is 35.5. The SMILES string of the molecule is CN(C(=O)c1ccc(N2CCOCC2)cc1)C1CCNCC1c1ccc(Cl)c(Cl)c1. The van der Waals surface area contributed by atoms with Crippen molar-refractivity contribution < 1.29 is 9.53 Å². The first kappa shape index (κ1) is 21.4. The van der Waals surface area contributed by atoms with Gasteiger partial charge in [-0.2, -0.15) is 0 Å². The minimum Gasteiger partial charge on any atom is -0.378 e. The minimum absolute atomic E-state index is 0.0421. The van der Waals surface area contributed by atoms with Crippen LogP contribution in [-0.2, 0) is 4.74 Å². The first-order chi connectivity index (χ1) is 14.5. The molecule has 5 nitrogen and oxygen atoms in total. The first-order valence-electron chi connectivity index (χ1n) is 10.4. The Morgan fingerprint density at radius 2 is 1.83 bits per heavy atom. The summed E-state index contributed by atoms with van der Waals surface area (Å²) in [7, 11) is 1.90. The lowest BCUT2D eigenvalue weighted by Crippen LogP contribution is -2.49. The molecule has 2 saturated heterocycles. The highest BCUT2D eigenvalue weighted by molar-refractivity contribution is 6.42. The van der Waals surface area contributed by atoms with Crippen LogP contribution < -0.4 is 10.2 Å². The van der Waals surface area contributed by atoms with Crippen LogP contribution in [0.2, 0.25) is 10.0 Å². The lowest BCUT2D eigenvalue weighted by molar-refractivity contribution is 0.0679. The number of nitrogens with zero attached hydrogens (tertiary/aromatic N) is 2. The van der Waals surface area contributed by atoms with Crippen LogP contribution in [0.5, 0.6) is 0 Å². The van der Waals surface area contributed by atoms with Gasteiger partial charge >= 0.3 is 0 Å². The van der Waals surface area contributed by atoms with Gasteiger partial charge in [0, 0.05) is 49.9 Å². The smallest absolute Gasteiger partial charge is 0.253 e. The minimum atomic E-state index is 0.0421. The number of hydrogen-bond acceptors (Lipinski definition) is 4. The van der Waals surface area contributed by atoms with Crippen molar-refractivity contribution in [1.29, 1.82) is 0 Å². The summed E-state index contributed by atoms with van der Waals surface area (Å²) in [4.78, 5) is 17.4. The third-order valence-corrected chi connectivity index (χ3v) is 6.86. The van der Waals surface area contributed by atoms with Gasteiger partial charge < -0.3 is 19.9 Å². The van der Waals surface area contributed by atoms with Crippen molar-refractivity contribution in [3.63, 3.8) is 0 Å². The topological polar surface area (TPSA) is 44.8 Å². The van der Waals surface area contributed by atoms with Crippen LogP contribution in [0.3, 0.4) is 0 Å². The summed E-state index contributed by atoms with van der Waals surface area (Å²) in [6.45, 7) is 4.94. The number of hydrogen-bond donors (Lipinski definition) is 1. The molecule has 2 unspecified atom stereocenters. The molecule has 2 heterocycles. The predicted octanol–water partition coefficient (Wildman–Crippen LogP) is 4.05. The van der Waals surface area contributed by atoms with Gasteiger partial charge in [0.25, 0.3) is 5.91 Å². The molecular weight excluding hydrogens is 421 g/mol. The van der Waals surface area contributed by atoms with E-state index in [9.17, 15) is 4.79 Å². The van der Waals surface area contributed by atoms with Crippen LogP contribution in [0, 0.1) is 0 Å². The number of ether oxygens (including phenoxy) is 1. The molecule has 1 amide bonds. The standard InChI is InChI=1S/C23H27Cl2N3O2/c1-27(22-8-9-26-15-19(22)17-4-7-20(24)21(25)14-17)23(29)16-2-5-18(6-3-16)28-10-12-30-13-11-28/h2-7,14,19,22,26H,8-13,15H2,1H3. The summed E-state index contributed by atoms with van der Waals surface area (Å²) in [5.41, 5.74) is 2.94. The fraction of sp³-hybridized carbons (Fsp3) is 0.435. The van der Waals surface area contributed by atoms with E-state index in [1.54, 1.807) is 0 Å². The number of morpholine rings is 1. The van der Waals surface area contributed by atoms with Crippen molar-refractivity contribution in [2.45, 2.75) is 18.4 Å². The molecule has 0 aromatic heterocycles. The van der Waals surface area contributed by atoms with Gasteiger partial charge in [-0.25, -0.2) is 0 Å². The van der Waals surface area contributed by atoms with Crippen molar-refractivity contribution in [3.8, 4) is 0 Å². The van der Waals surface area contributed by atoms with E-state index < -0.39 is 0 Å². The van der Waals surface area contributed by atoms with E-state index in [0.717, 1.165) is 57.1 Å². The van der Waals surface area contributed by atoms with E-state index in [1.165, 1.54) is 0 Å². The lowest BCUT2D eigenvalue weighted by Gasteiger charge is -2.39. The van der Waals surface area contributed by atoms with E-state index in [2.05, 4.69) is 10.2 Å². The predicted molar refractivity (Wildman–Crippen MR) is 122 cm³/mol. The molecular formula is C23H27Cl2N3O2. The van der Waals surface area contributed by atoms with E-state index in [0.29, 0.717) is 15.6 Å². The van der Waals surface area contributed by atoms with E-state index in [4.69, 9.17) is 27.9 Å². The number of halogens is 2. The van der Waals surface area contributed by atoms with E-state index in [1.807, 2.05) is 54.4 Å². The maximum Gasteiger partial charge on any atom is 0.253 e. The van der Waals surface area contributed by atoms with Crippen molar-refractivity contribution in [1.82, 2.24) is 10.2 Å². The Labute approximate surface area is 187 Å². The number of amides is 1. The molecule has 1 N–H and O–H groups in total. The largest absolute Gasteiger partial charge is 0.378 e. The van der Waals surface area contributed by atoms with Crippen molar-refractivity contribution in [3.05, 3.63) is 63.6 Å². The van der Waals surface area contributed by atoms with E-state index >= 15 is 0 Å². The van der Waals surface area contributed by atoms with Gasteiger partial charge in [-0.3, -0.25) is 4.79 Å². The summed E-state index contributed by atoms with van der Waals surface area (Å²) < 4.78 is 5.42. The Bertz CT molecular complexity index is 885. The lowest BCUT2D eigenvalue weighted by atomic mass is 9.85. The molecule has 0 spiro atoms. The fourth-order valence-electron chi connectivity index (χ4n) is 4.38. The van der Waals surface area contributed by atoms with Crippen molar-refractivity contribution in [2.75, 3.05) is 51.3 Å². The van der Waals surface area contributed by atoms with Crippen molar-refractivity contribution >= 4 is 34.8 Å². The van der Waals surface area contributed by atoms with Crippen molar-refractivity contribution in [2.24, 2.45) is 0 Å². The van der Waals surface area contributed by atoms with Gasteiger partial charge in [-0.1, -0.05) is 29.3 Å². The summed E-state index contributed by atoms with van der Waals surface area (Å²) in [6, 6.07) is 13.8. The second-order valence-electron chi connectivity index (χ2n) is 7.90. The number of anilines is 1. The number of carbonyl (C=O) groups excluding carboxylic acids is 1. The molecule has 0 radical (unpaired) electrons. The summed E-state index contributed by atoms with van der Waals surface area (Å²) >= 11 is 12.3. The average Bonchev–Trinajstić information content (AvgIpc) is 2.80. The summed E-state index contributed by atoms with van der Waals surface area (Å²) in [5.74, 6) is 0.204. The molecule has 30 heavy (non-hydrogen) atoms. The molecule has 2 atom stereocenters. The second kappa shape index (κ2) is 9.56. The zero-order chi connectivity index (χ0) is 21.1. The average molecular weight is 448 g/mol. The molecule has 2 aromatic carbocycles. The molecule has 0 bridgehead atoms. The Morgan fingerprint density at radius 3 is 2.53 bits per heavy atom. The Balaban J connectivity index is 1.50. The maximum atomic E-state index is 13.3. The molecule has 2 aliphatic heterocycles. The third-order valence-electron chi connectivity index (χ3n) is 6.13. The van der Waals surface area contributed by atoms with Gasteiger partial charge in [0.15, 0.2) is 0 Å². The van der Waals surface area contributed by atoms with Crippen LogP contribution >= 0.6 is 23.2 Å². The van der Waals surface area contributed by atoms with Gasteiger partial charge in [0.05, 0.1) is 23.3 Å². The summed E-state index contributed by atoms with van der Waals surface area (Å²) in [6.07, 6.45) is 0.888. The molecule has 2 fully saturated rings. The van der Waals surface area contributed by atoms with Crippen LogP contribution in [0.1, 0.15) is 28.3 Å². The van der Waals surface area contributed by atoms with Gasteiger partial charge in [0.1, 0.15) is 0 Å². The zero-order valence-electron chi connectivity index (χ0n) is 17.1. The number of benzene rings is 2. The Morgan fingerprint density at radius 1 is 1.10 bits per heavy atom. The number of piperidine rings is 1. The number of nitrogens with one attached hydrogen (secondary N) is 1. The molecule has 0 aliphatic carbocycles. The van der Waals surface area contributed by atoms with Crippen LogP contribution in [0.4, 0.5) is 5.69 Å². The molecule has 4 rings (SSSR count). The van der Waals surface area contributed by atoms with Gasteiger partial charge in [-0.05, 0) is 54.9 Å². The molecule has 0 saturated carbocycles. The second-order valence-corrected chi connectivity index (χ2v) is 8.72. The monoisotopic (exact) mass is 447 g/mol. The molecule has 7 heteroatoms. The van der Waals surface area contributed by atoms with Gasteiger partial charge in [-0.15, -0.1) is 0 Å². The molecule has 2 aromatic rings. The van der Waals surface area contributed by atoms with E-state index in [-0.39, 0.29) is 17.9 Å². The Hall–Kier alpha value is -1.79. The summed E-state index contributed by atoms with van der Waals surface area (Å²) in [5, 5.41) is 4.54. The molecule has 160 valence electrons. The fourth-order valence-corrected chi connectivity index (χ4v) is 4.69. The number of likely N-dealkylation sites (N-methyl/N-ethyl adjacent to an activating group) is 1. The quantitative estimate of drug-likeness (QED) is 0.767.